The fourth-order valence-electron chi connectivity index (χ4n) is 3.58. The number of ketones is 1. The van der Waals surface area contributed by atoms with Crippen LogP contribution in [0, 0.1) is 12.8 Å². The van der Waals surface area contributed by atoms with E-state index in [1.807, 2.05) is 25.1 Å². The number of nitrogens with zero attached hydrogens (tertiary/aromatic N) is 3. The maximum atomic E-state index is 12.5. The summed E-state index contributed by atoms with van der Waals surface area (Å²) in [7, 11) is 0. The van der Waals surface area contributed by atoms with Gasteiger partial charge < -0.3 is 5.32 Å². The van der Waals surface area contributed by atoms with E-state index in [2.05, 4.69) is 22.0 Å². The van der Waals surface area contributed by atoms with E-state index in [0.717, 1.165) is 29.5 Å². The molecule has 5 nitrogen and oxygen atoms in total. The summed E-state index contributed by atoms with van der Waals surface area (Å²) in [5, 5.41) is 7.30. The van der Waals surface area contributed by atoms with Crippen molar-refractivity contribution in [3.8, 4) is 11.3 Å². The number of fused-ring (bicyclic) bond motifs is 1. The highest BCUT2D eigenvalue weighted by atomic mass is 19.4. The molecule has 0 saturated heterocycles. The van der Waals surface area contributed by atoms with Crippen molar-refractivity contribution in [2.24, 2.45) is 5.92 Å². The molecule has 1 aromatic carbocycles. The minimum absolute atomic E-state index is 0.160. The van der Waals surface area contributed by atoms with Gasteiger partial charge in [-0.05, 0) is 49.5 Å². The van der Waals surface area contributed by atoms with Crippen LogP contribution in [0.5, 0.6) is 0 Å². The minimum Gasteiger partial charge on any atom is -0.382 e. The molecule has 1 saturated carbocycles. The fraction of sp³-hybridized carbons (Fsp3) is 0.348. The quantitative estimate of drug-likeness (QED) is 0.468. The fourth-order valence-corrected chi connectivity index (χ4v) is 3.58. The van der Waals surface area contributed by atoms with Crippen molar-refractivity contribution >= 4 is 23.2 Å². The van der Waals surface area contributed by atoms with Crippen LogP contribution >= 0.6 is 0 Å². The molecule has 162 valence electrons. The maximum absolute atomic E-state index is 12.5. The minimum atomic E-state index is -4.24. The molecule has 1 aliphatic rings. The van der Waals surface area contributed by atoms with E-state index in [0.29, 0.717) is 35.1 Å². The SMILES string of the molecule is C=Cc1cc(NCCC(F)(F)F)c2ncc(-c3ccc(C(=O)CC4CC4)c(C)c3)n2n1. The lowest BCUT2D eigenvalue weighted by atomic mass is 9.98. The smallest absolute Gasteiger partial charge is 0.382 e. The van der Waals surface area contributed by atoms with Crippen LogP contribution in [0.1, 0.15) is 47.3 Å². The summed E-state index contributed by atoms with van der Waals surface area (Å²) in [6, 6.07) is 7.23. The second kappa shape index (κ2) is 8.17. The Bertz CT molecular complexity index is 1150. The Morgan fingerprint density at radius 3 is 2.74 bits per heavy atom. The molecule has 0 bridgehead atoms. The summed E-state index contributed by atoms with van der Waals surface area (Å²) in [6.07, 6.45) is 0.811. The molecule has 0 atom stereocenters. The monoisotopic (exact) mass is 428 g/mol. The lowest BCUT2D eigenvalue weighted by molar-refractivity contribution is -0.131. The zero-order valence-corrected chi connectivity index (χ0v) is 17.2. The van der Waals surface area contributed by atoms with Crippen LogP contribution in [0.4, 0.5) is 18.9 Å². The Morgan fingerprint density at radius 2 is 2.10 bits per heavy atom. The van der Waals surface area contributed by atoms with E-state index in [1.165, 1.54) is 6.08 Å². The van der Waals surface area contributed by atoms with Crippen molar-refractivity contribution in [1.82, 2.24) is 14.6 Å². The second-order valence-corrected chi connectivity index (χ2v) is 7.96. The predicted octanol–water partition coefficient (Wildman–Crippen LogP) is 5.69. The Balaban J connectivity index is 1.66. The number of halogens is 3. The average Bonchev–Trinajstić information content (AvgIpc) is 3.41. The summed E-state index contributed by atoms with van der Waals surface area (Å²) in [5.41, 5.74) is 4.49. The number of benzene rings is 1. The molecule has 4 rings (SSSR count). The van der Waals surface area contributed by atoms with Crippen LogP contribution in [-0.2, 0) is 0 Å². The van der Waals surface area contributed by atoms with Crippen molar-refractivity contribution in [3.63, 3.8) is 0 Å². The zero-order valence-electron chi connectivity index (χ0n) is 17.2. The Labute approximate surface area is 178 Å². The van der Waals surface area contributed by atoms with E-state index in [-0.39, 0.29) is 12.3 Å². The molecule has 1 fully saturated rings. The van der Waals surface area contributed by atoms with Gasteiger partial charge >= 0.3 is 6.18 Å². The highest BCUT2D eigenvalue weighted by Crippen LogP contribution is 2.34. The summed E-state index contributed by atoms with van der Waals surface area (Å²) in [6.45, 7) is 5.35. The molecule has 2 aromatic heterocycles. The first-order valence-corrected chi connectivity index (χ1v) is 10.2. The third-order valence-corrected chi connectivity index (χ3v) is 5.41. The number of alkyl halides is 3. The van der Waals surface area contributed by atoms with Crippen LogP contribution in [0.3, 0.4) is 0 Å². The van der Waals surface area contributed by atoms with Crippen LogP contribution < -0.4 is 5.32 Å². The largest absolute Gasteiger partial charge is 0.390 e. The maximum Gasteiger partial charge on any atom is 0.390 e. The van der Waals surface area contributed by atoms with E-state index in [9.17, 15) is 18.0 Å². The van der Waals surface area contributed by atoms with Gasteiger partial charge in [-0.25, -0.2) is 9.50 Å². The molecule has 31 heavy (non-hydrogen) atoms. The Hall–Kier alpha value is -3.16. The van der Waals surface area contributed by atoms with Gasteiger partial charge in [0.25, 0.3) is 0 Å². The molecule has 8 heteroatoms. The molecule has 1 N–H and O–H groups in total. The van der Waals surface area contributed by atoms with Crippen molar-refractivity contribution in [1.29, 1.82) is 0 Å². The number of aryl methyl sites for hydroxylation is 1. The lowest BCUT2D eigenvalue weighted by Crippen LogP contribution is -2.15. The number of aromatic nitrogens is 3. The van der Waals surface area contributed by atoms with Crippen molar-refractivity contribution in [2.45, 2.75) is 38.8 Å². The van der Waals surface area contributed by atoms with Gasteiger partial charge in [-0.3, -0.25) is 4.79 Å². The summed E-state index contributed by atoms with van der Waals surface area (Å²) < 4.78 is 39.2. The van der Waals surface area contributed by atoms with E-state index >= 15 is 0 Å². The van der Waals surface area contributed by atoms with Crippen molar-refractivity contribution in [2.75, 3.05) is 11.9 Å². The number of nitrogens with one attached hydrogen (secondary N) is 1. The first kappa shape index (κ1) is 21.1. The van der Waals surface area contributed by atoms with Gasteiger partial charge in [0.2, 0.25) is 0 Å². The Morgan fingerprint density at radius 1 is 1.32 bits per heavy atom. The lowest BCUT2D eigenvalue weighted by Gasteiger charge is -2.11. The predicted molar refractivity (Wildman–Crippen MR) is 114 cm³/mol. The summed E-state index contributed by atoms with van der Waals surface area (Å²) in [5.74, 6) is 0.683. The number of carbonyl (C=O) groups excluding carboxylic acids is 1. The molecule has 0 radical (unpaired) electrons. The van der Waals surface area contributed by atoms with Gasteiger partial charge in [-0.2, -0.15) is 18.3 Å². The molecular formula is C23H23F3N4O. The molecule has 3 aromatic rings. The van der Waals surface area contributed by atoms with E-state index < -0.39 is 12.6 Å². The first-order valence-electron chi connectivity index (χ1n) is 10.2. The standard InChI is InChI=1S/C23H23F3N4O/c1-3-17-12-19(27-9-8-23(24,25)26)22-28-13-20(30(22)29-17)16-6-7-18(14(2)10-16)21(31)11-15-4-5-15/h3,6-7,10,12-13,15,27H,1,4-5,8-9,11H2,2H3. The highest BCUT2D eigenvalue weighted by Gasteiger charge is 2.27. The second-order valence-electron chi connectivity index (χ2n) is 7.96. The van der Waals surface area contributed by atoms with Gasteiger partial charge in [0, 0.05) is 24.1 Å². The van der Waals surface area contributed by atoms with Gasteiger partial charge in [0.15, 0.2) is 11.4 Å². The molecule has 0 unspecified atom stereocenters. The highest BCUT2D eigenvalue weighted by molar-refractivity contribution is 5.98. The number of carbonyl (C=O) groups is 1. The number of Topliss-reactive ketones (excluding diaryl/α,β-unsaturated/α-hetero) is 1. The van der Waals surface area contributed by atoms with Crippen molar-refractivity contribution in [3.05, 3.63) is 53.9 Å². The Kier molecular flexibility index (Phi) is 5.56. The average molecular weight is 428 g/mol. The van der Waals surface area contributed by atoms with Crippen LogP contribution in [0.25, 0.3) is 23.0 Å². The molecule has 0 amide bonds. The first-order chi connectivity index (χ1) is 14.7. The molecule has 2 heterocycles. The van der Waals surface area contributed by atoms with E-state index in [4.69, 9.17) is 0 Å². The molecule has 0 spiro atoms. The zero-order chi connectivity index (χ0) is 22.2. The molecule has 0 aliphatic heterocycles. The van der Waals surface area contributed by atoms with Gasteiger partial charge in [0.05, 0.1) is 29.7 Å². The van der Waals surface area contributed by atoms with Crippen LogP contribution in [0.15, 0.2) is 37.0 Å². The van der Waals surface area contributed by atoms with Crippen molar-refractivity contribution < 1.29 is 18.0 Å². The normalized spacial score (nSPS) is 14.1. The van der Waals surface area contributed by atoms with E-state index in [1.54, 1.807) is 16.8 Å². The van der Waals surface area contributed by atoms with Crippen LogP contribution in [0.2, 0.25) is 0 Å². The van der Waals surface area contributed by atoms with Crippen LogP contribution in [-0.4, -0.2) is 33.1 Å². The molecular weight excluding hydrogens is 405 g/mol. The molecule has 1 aliphatic carbocycles. The number of anilines is 1. The summed E-state index contributed by atoms with van der Waals surface area (Å²) >= 11 is 0. The third kappa shape index (κ3) is 4.78. The third-order valence-electron chi connectivity index (χ3n) is 5.41. The van der Waals surface area contributed by atoms with Gasteiger partial charge in [-0.15, -0.1) is 0 Å². The topological polar surface area (TPSA) is 59.3 Å². The number of rotatable bonds is 8. The summed E-state index contributed by atoms with van der Waals surface area (Å²) in [4.78, 5) is 16.9. The number of hydrogen-bond acceptors (Lipinski definition) is 4. The van der Waals surface area contributed by atoms with Gasteiger partial charge in [0.1, 0.15) is 0 Å². The van der Waals surface area contributed by atoms with Gasteiger partial charge in [-0.1, -0.05) is 18.7 Å². The number of hydrogen-bond donors (Lipinski definition) is 1. The number of imidazole rings is 1.